The molecule has 26 heavy (non-hydrogen) atoms. The fourth-order valence-corrected chi connectivity index (χ4v) is 3.62. The molecular weight excluding hydrogens is 348 g/mol. The normalized spacial score (nSPS) is 17.5. The van der Waals surface area contributed by atoms with Crippen molar-refractivity contribution in [3.63, 3.8) is 0 Å². The van der Waals surface area contributed by atoms with E-state index in [1.165, 1.54) is 5.69 Å². The summed E-state index contributed by atoms with van der Waals surface area (Å²) in [5, 5.41) is 7.60. The fourth-order valence-electron chi connectivity index (χ4n) is 3.34. The van der Waals surface area contributed by atoms with Crippen molar-refractivity contribution in [2.45, 2.75) is 19.5 Å². The van der Waals surface area contributed by atoms with Crippen molar-refractivity contribution in [2.75, 3.05) is 29.9 Å². The Morgan fingerprint density at radius 1 is 1.27 bits per heavy atom. The predicted octanol–water partition coefficient (Wildman–Crippen LogP) is 3.09. The van der Waals surface area contributed by atoms with Gasteiger partial charge in [-0.1, -0.05) is 11.6 Å². The molecule has 0 unspecified atom stereocenters. The molecule has 2 aromatic heterocycles. The zero-order valence-corrected chi connectivity index (χ0v) is 15.4. The first kappa shape index (κ1) is 17.0. The number of halogens is 1. The van der Waals surface area contributed by atoms with E-state index >= 15 is 0 Å². The Labute approximate surface area is 157 Å². The highest BCUT2D eigenvalue weighted by molar-refractivity contribution is 6.34. The molecule has 3 heterocycles. The monoisotopic (exact) mass is 368 g/mol. The second kappa shape index (κ2) is 7.43. The van der Waals surface area contributed by atoms with E-state index in [0.717, 1.165) is 41.9 Å². The molecule has 1 atom stereocenters. The molecule has 1 aromatic carbocycles. The van der Waals surface area contributed by atoms with E-state index in [1.807, 2.05) is 24.5 Å². The Bertz CT molecular complexity index is 915. The number of fused-ring (bicyclic) bond motifs is 1. The Morgan fingerprint density at radius 2 is 2.15 bits per heavy atom. The number of aromatic nitrogens is 3. The fraction of sp³-hybridized carbons (Fsp3) is 0.316. The van der Waals surface area contributed by atoms with Gasteiger partial charge in [0.1, 0.15) is 5.52 Å². The lowest BCUT2D eigenvalue weighted by Crippen LogP contribution is -2.49. The number of nitrogens with one attached hydrogen (secondary N) is 2. The molecule has 0 aliphatic carbocycles. The highest BCUT2D eigenvalue weighted by Crippen LogP contribution is 2.27. The summed E-state index contributed by atoms with van der Waals surface area (Å²) in [7, 11) is 0. The van der Waals surface area contributed by atoms with Crippen LogP contribution in [-0.4, -0.2) is 40.6 Å². The topological polar surface area (TPSA) is 66.0 Å². The molecule has 0 radical (unpaired) electrons. The number of pyridine rings is 1. The van der Waals surface area contributed by atoms with Gasteiger partial charge < -0.3 is 15.5 Å². The van der Waals surface area contributed by atoms with Crippen molar-refractivity contribution in [3.05, 3.63) is 53.6 Å². The molecule has 1 saturated heterocycles. The molecule has 0 bridgehead atoms. The number of hydrogen-bond donors (Lipinski definition) is 2. The predicted molar refractivity (Wildman–Crippen MR) is 106 cm³/mol. The number of nitrogens with zero attached hydrogens (tertiary/aromatic N) is 4. The number of anilines is 2. The van der Waals surface area contributed by atoms with Gasteiger partial charge in [0.05, 0.1) is 28.1 Å². The lowest BCUT2D eigenvalue weighted by Gasteiger charge is -2.34. The minimum absolute atomic E-state index is 0.475. The van der Waals surface area contributed by atoms with Crippen molar-refractivity contribution in [1.82, 2.24) is 20.3 Å². The summed E-state index contributed by atoms with van der Waals surface area (Å²) < 4.78 is 0. The summed E-state index contributed by atoms with van der Waals surface area (Å²) in [6, 6.07) is 6.50. The van der Waals surface area contributed by atoms with Crippen molar-refractivity contribution in [1.29, 1.82) is 0 Å². The molecule has 4 rings (SSSR count). The van der Waals surface area contributed by atoms with Crippen molar-refractivity contribution in [3.8, 4) is 0 Å². The van der Waals surface area contributed by atoms with E-state index in [2.05, 4.69) is 43.5 Å². The van der Waals surface area contributed by atoms with Crippen LogP contribution in [0.25, 0.3) is 11.0 Å². The van der Waals surface area contributed by atoms with Crippen LogP contribution in [0.1, 0.15) is 12.5 Å². The summed E-state index contributed by atoms with van der Waals surface area (Å²) in [4.78, 5) is 15.3. The first-order chi connectivity index (χ1) is 12.7. The molecule has 0 amide bonds. The minimum Gasteiger partial charge on any atom is -0.378 e. The average molecular weight is 369 g/mol. The first-order valence-corrected chi connectivity index (χ1v) is 9.14. The quantitative estimate of drug-likeness (QED) is 0.737. The zero-order valence-electron chi connectivity index (χ0n) is 14.6. The molecular formula is C19H21ClN6. The van der Waals surface area contributed by atoms with Gasteiger partial charge in [-0.2, -0.15) is 0 Å². The average Bonchev–Trinajstić information content (AvgIpc) is 2.67. The summed E-state index contributed by atoms with van der Waals surface area (Å²) in [6.45, 7) is 5.81. The SMILES string of the molecule is C[C@H]1CN(c2ccncc2NCc2cc(Cl)c3nccnc3c2)CCN1. The molecule has 0 saturated carbocycles. The van der Waals surface area contributed by atoms with E-state index < -0.39 is 0 Å². The maximum atomic E-state index is 6.36. The maximum Gasteiger partial charge on any atom is 0.107 e. The second-order valence-corrected chi connectivity index (χ2v) is 6.96. The van der Waals surface area contributed by atoms with Gasteiger partial charge in [-0.3, -0.25) is 15.0 Å². The van der Waals surface area contributed by atoms with E-state index in [1.54, 1.807) is 12.4 Å². The largest absolute Gasteiger partial charge is 0.378 e. The van der Waals surface area contributed by atoms with Crippen LogP contribution < -0.4 is 15.5 Å². The van der Waals surface area contributed by atoms with Crippen LogP contribution in [0.3, 0.4) is 0 Å². The summed E-state index contributed by atoms with van der Waals surface area (Å²) in [5.41, 5.74) is 4.80. The molecule has 7 heteroatoms. The Balaban J connectivity index is 1.55. The molecule has 6 nitrogen and oxygen atoms in total. The van der Waals surface area contributed by atoms with E-state index in [-0.39, 0.29) is 0 Å². The van der Waals surface area contributed by atoms with Crippen molar-refractivity contribution in [2.24, 2.45) is 0 Å². The minimum atomic E-state index is 0.475. The highest BCUT2D eigenvalue weighted by Gasteiger charge is 2.18. The second-order valence-electron chi connectivity index (χ2n) is 6.55. The third-order valence-corrected chi connectivity index (χ3v) is 4.87. The lowest BCUT2D eigenvalue weighted by molar-refractivity contribution is 0.485. The van der Waals surface area contributed by atoms with Crippen LogP contribution in [0, 0.1) is 0 Å². The zero-order chi connectivity index (χ0) is 17.9. The molecule has 1 aliphatic rings. The standard InChI is InChI=1S/C19H21ClN6/c1-13-12-26(7-6-22-13)18-2-3-21-11-17(18)25-10-14-8-15(20)19-16(9-14)23-4-5-24-19/h2-5,8-9,11,13,22,25H,6-7,10,12H2,1H3/t13-/m0/s1. The Kier molecular flexibility index (Phi) is 4.86. The smallest absolute Gasteiger partial charge is 0.107 e. The Hall–Kier alpha value is -2.44. The van der Waals surface area contributed by atoms with Gasteiger partial charge in [0, 0.05) is 50.8 Å². The van der Waals surface area contributed by atoms with Crippen LogP contribution in [0.5, 0.6) is 0 Å². The van der Waals surface area contributed by atoms with Crippen LogP contribution in [0.2, 0.25) is 5.02 Å². The molecule has 1 fully saturated rings. The summed E-state index contributed by atoms with van der Waals surface area (Å²) >= 11 is 6.36. The van der Waals surface area contributed by atoms with Crippen LogP contribution in [0.4, 0.5) is 11.4 Å². The van der Waals surface area contributed by atoms with Crippen LogP contribution in [-0.2, 0) is 6.54 Å². The lowest BCUT2D eigenvalue weighted by atomic mass is 10.1. The third kappa shape index (κ3) is 3.57. The molecule has 3 aromatic rings. The molecule has 1 aliphatic heterocycles. The van der Waals surface area contributed by atoms with E-state index in [0.29, 0.717) is 17.6 Å². The number of hydrogen-bond acceptors (Lipinski definition) is 6. The molecule has 0 spiro atoms. The van der Waals surface area contributed by atoms with Gasteiger partial charge in [-0.05, 0) is 30.7 Å². The maximum absolute atomic E-state index is 6.36. The highest BCUT2D eigenvalue weighted by atomic mass is 35.5. The number of benzene rings is 1. The Morgan fingerprint density at radius 3 is 3.04 bits per heavy atom. The molecule has 2 N–H and O–H groups in total. The van der Waals surface area contributed by atoms with Gasteiger partial charge in [0.2, 0.25) is 0 Å². The van der Waals surface area contributed by atoms with Crippen LogP contribution >= 0.6 is 11.6 Å². The van der Waals surface area contributed by atoms with E-state index in [4.69, 9.17) is 11.6 Å². The summed E-state index contributed by atoms with van der Waals surface area (Å²) in [5.74, 6) is 0. The number of rotatable bonds is 4. The number of piperazine rings is 1. The van der Waals surface area contributed by atoms with Gasteiger partial charge in [0.15, 0.2) is 0 Å². The third-order valence-electron chi connectivity index (χ3n) is 4.58. The van der Waals surface area contributed by atoms with Gasteiger partial charge in [-0.15, -0.1) is 0 Å². The van der Waals surface area contributed by atoms with Crippen molar-refractivity contribution >= 4 is 34.0 Å². The van der Waals surface area contributed by atoms with Gasteiger partial charge in [-0.25, -0.2) is 0 Å². The van der Waals surface area contributed by atoms with Crippen LogP contribution in [0.15, 0.2) is 43.0 Å². The summed E-state index contributed by atoms with van der Waals surface area (Å²) in [6.07, 6.45) is 7.06. The molecule has 134 valence electrons. The first-order valence-electron chi connectivity index (χ1n) is 8.76. The van der Waals surface area contributed by atoms with Crippen molar-refractivity contribution < 1.29 is 0 Å². The van der Waals surface area contributed by atoms with E-state index in [9.17, 15) is 0 Å². The van der Waals surface area contributed by atoms with Gasteiger partial charge in [0.25, 0.3) is 0 Å². The van der Waals surface area contributed by atoms with Gasteiger partial charge >= 0.3 is 0 Å².